The van der Waals surface area contributed by atoms with Gasteiger partial charge < -0.3 is 23.6 Å². The molecule has 39 heavy (non-hydrogen) atoms. The second kappa shape index (κ2) is 11.5. The fraction of sp³-hybridized carbons (Fsp3) is 0.148. The van der Waals surface area contributed by atoms with Crippen molar-refractivity contribution in [3.8, 4) is 11.5 Å². The average molecular weight is 561 g/mol. The van der Waals surface area contributed by atoms with E-state index in [4.69, 9.17) is 13.3 Å². The molecule has 4 aromatic rings. The van der Waals surface area contributed by atoms with E-state index in [1.165, 1.54) is 36.5 Å². The van der Waals surface area contributed by atoms with Gasteiger partial charge in [-0.1, -0.05) is 18.2 Å². The molecule has 3 aromatic carbocycles. The van der Waals surface area contributed by atoms with Crippen LogP contribution in [0.25, 0.3) is 0 Å². The van der Waals surface area contributed by atoms with E-state index >= 15 is 0 Å². The lowest BCUT2D eigenvalue weighted by atomic mass is 10.2. The summed E-state index contributed by atoms with van der Waals surface area (Å²) in [5, 5.41) is 2.79. The Morgan fingerprint density at radius 2 is 1.67 bits per heavy atom. The van der Waals surface area contributed by atoms with Crippen molar-refractivity contribution in [2.24, 2.45) is 0 Å². The van der Waals surface area contributed by atoms with Gasteiger partial charge in [0.15, 0.2) is 0 Å². The molecule has 0 aliphatic rings. The second-order valence-electron chi connectivity index (χ2n) is 8.30. The lowest BCUT2D eigenvalue weighted by molar-refractivity contribution is -0.137. The number of ether oxygens (including phenoxy) is 1. The van der Waals surface area contributed by atoms with Crippen molar-refractivity contribution >= 4 is 21.8 Å². The fourth-order valence-corrected chi connectivity index (χ4v) is 4.56. The molecule has 0 saturated heterocycles. The van der Waals surface area contributed by atoms with Crippen molar-refractivity contribution in [2.45, 2.75) is 24.2 Å². The van der Waals surface area contributed by atoms with Crippen LogP contribution in [0.3, 0.4) is 0 Å². The maximum atomic E-state index is 13.1. The predicted molar refractivity (Wildman–Crippen MR) is 136 cm³/mol. The molecule has 1 aromatic heterocycles. The van der Waals surface area contributed by atoms with Crippen LogP contribution >= 0.6 is 0 Å². The predicted octanol–water partition coefficient (Wildman–Crippen LogP) is 6.31. The zero-order valence-corrected chi connectivity index (χ0v) is 21.3. The minimum Gasteiger partial charge on any atom is -0.497 e. The lowest BCUT2D eigenvalue weighted by Crippen LogP contribution is -2.34. The number of benzene rings is 3. The summed E-state index contributed by atoms with van der Waals surface area (Å²) in [6.45, 7) is 0.131. The molecule has 12 heteroatoms. The van der Waals surface area contributed by atoms with E-state index in [9.17, 15) is 26.4 Å². The van der Waals surface area contributed by atoms with Crippen LogP contribution in [0.4, 0.5) is 23.7 Å². The number of hydrogen-bond donors (Lipinski definition) is 1. The number of urea groups is 1. The Labute approximate surface area is 222 Å². The van der Waals surface area contributed by atoms with E-state index in [1.54, 1.807) is 42.5 Å². The van der Waals surface area contributed by atoms with Crippen LogP contribution in [-0.2, 0) is 29.4 Å². The maximum absolute atomic E-state index is 13.1. The molecule has 0 spiro atoms. The molecule has 0 bridgehead atoms. The summed E-state index contributed by atoms with van der Waals surface area (Å²) in [7, 11) is -3.03. The quantitative estimate of drug-likeness (QED) is 0.241. The first kappa shape index (κ1) is 27.6. The number of rotatable bonds is 9. The third-order valence-electron chi connectivity index (χ3n) is 5.48. The molecule has 1 heterocycles. The topological polar surface area (TPSA) is 98.1 Å². The molecule has 0 radical (unpaired) electrons. The number of nitrogens with one attached hydrogen (secondary N) is 1. The van der Waals surface area contributed by atoms with Gasteiger partial charge in [0.25, 0.3) is 0 Å². The van der Waals surface area contributed by atoms with Gasteiger partial charge in [0.05, 0.1) is 25.5 Å². The number of methoxy groups -OCH3 is 1. The van der Waals surface area contributed by atoms with Gasteiger partial charge in [0.2, 0.25) is 0 Å². The van der Waals surface area contributed by atoms with Crippen molar-refractivity contribution < 1.29 is 39.7 Å². The Kier molecular flexibility index (Phi) is 8.15. The van der Waals surface area contributed by atoms with Gasteiger partial charge in [0.1, 0.15) is 22.2 Å². The number of furan rings is 1. The van der Waals surface area contributed by atoms with E-state index in [2.05, 4.69) is 5.32 Å². The molecule has 0 aliphatic heterocycles. The molecule has 0 saturated carbocycles. The summed E-state index contributed by atoms with van der Waals surface area (Å²) in [5.41, 5.74) is -0.0879. The van der Waals surface area contributed by atoms with Crippen LogP contribution < -0.4 is 14.2 Å². The molecular formula is C27H23F3N2O6S. The molecule has 1 N–H and O–H groups in total. The van der Waals surface area contributed by atoms with E-state index in [0.29, 0.717) is 28.8 Å². The zero-order valence-electron chi connectivity index (χ0n) is 20.5. The molecule has 204 valence electrons. The van der Waals surface area contributed by atoms with Crippen LogP contribution in [-0.4, -0.2) is 26.5 Å². The van der Waals surface area contributed by atoms with Crippen LogP contribution in [0.15, 0.2) is 101 Å². The number of nitrogens with zero attached hydrogens (tertiary/aromatic N) is 1. The minimum absolute atomic E-state index is 0.0312. The summed E-state index contributed by atoms with van der Waals surface area (Å²) < 4.78 is 80.2. The molecule has 0 fully saturated rings. The van der Waals surface area contributed by atoms with E-state index in [0.717, 1.165) is 18.2 Å². The Balaban J connectivity index is 1.53. The zero-order chi connectivity index (χ0) is 28.0. The Hall–Kier alpha value is -4.45. The van der Waals surface area contributed by atoms with E-state index in [1.807, 2.05) is 0 Å². The summed E-state index contributed by atoms with van der Waals surface area (Å²) >= 11 is 0. The van der Waals surface area contributed by atoms with Gasteiger partial charge in [-0.15, -0.1) is 0 Å². The van der Waals surface area contributed by atoms with Crippen LogP contribution in [0.2, 0.25) is 0 Å². The normalized spacial score (nSPS) is 11.6. The van der Waals surface area contributed by atoms with Gasteiger partial charge in [-0.2, -0.15) is 21.6 Å². The number of halogens is 3. The third kappa shape index (κ3) is 7.32. The summed E-state index contributed by atoms with van der Waals surface area (Å²) in [4.78, 5) is 13.9. The molecule has 4 rings (SSSR count). The Bertz CT molecular complexity index is 1520. The van der Waals surface area contributed by atoms with Gasteiger partial charge in [0, 0.05) is 12.2 Å². The first-order valence-corrected chi connectivity index (χ1v) is 12.9. The van der Waals surface area contributed by atoms with Crippen molar-refractivity contribution in [1.29, 1.82) is 0 Å². The third-order valence-corrected chi connectivity index (χ3v) is 6.73. The number of anilines is 1. The molecule has 0 aliphatic carbocycles. The Morgan fingerprint density at radius 1 is 0.923 bits per heavy atom. The van der Waals surface area contributed by atoms with E-state index < -0.39 is 32.8 Å². The fourth-order valence-electron chi connectivity index (χ4n) is 3.59. The van der Waals surface area contributed by atoms with Gasteiger partial charge >= 0.3 is 22.3 Å². The van der Waals surface area contributed by atoms with Gasteiger partial charge in [-0.3, -0.25) is 0 Å². The highest BCUT2D eigenvalue weighted by Crippen LogP contribution is 2.31. The first-order chi connectivity index (χ1) is 18.5. The molecule has 8 nitrogen and oxygen atoms in total. The first-order valence-electron chi connectivity index (χ1n) is 11.5. The maximum Gasteiger partial charge on any atom is 0.416 e. The molecule has 0 unspecified atom stereocenters. The standard InChI is InChI=1S/C27H23F3N2O6S/c1-36-22-12-10-21(11-13-22)31-26(33)32(18-24-8-4-14-37-24)17-19-5-2-7-23(15-19)38-39(34,35)25-9-3-6-20(16-25)27(28,29)30/h2-16H,17-18H2,1H3,(H,31,33). The smallest absolute Gasteiger partial charge is 0.416 e. The van der Waals surface area contributed by atoms with Crippen molar-refractivity contribution in [1.82, 2.24) is 4.90 Å². The van der Waals surface area contributed by atoms with Gasteiger partial charge in [-0.25, -0.2) is 4.79 Å². The monoisotopic (exact) mass is 560 g/mol. The van der Waals surface area contributed by atoms with Crippen LogP contribution in [0.5, 0.6) is 11.5 Å². The van der Waals surface area contributed by atoms with Crippen LogP contribution in [0.1, 0.15) is 16.9 Å². The average Bonchev–Trinajstić information content (AvgIpc) is 3.41. The van der Waals surface area contributed by atoms with Crippen LogP contribution in [0, 0.1) is 0 Å². The number of carbonyl (C=O) groups is 1. The molecular weight excluding hydrogens is 537 g/mol. The van der Waals surface area contributed by atoms with Crippen molar-refractivity contribution in [3.05, 3.63) is 108 Å². The van der Waals surface area contributed by atoms with E-state index in [-0.39, 0.29) is 18.8 Å². The van der Waals surface area contributed by atoms with Gasteiger partial charge in [-0.05, 0) is 72.3 Å². The second-order valence-corrected chi connectivity index (χ2v) is 9.85. The Morgan fingerprint density at radius 3 is 2.33 bits per heavy atom. The van der Waals surface area contributed by atoms with Crippen molar-refractivity contribution in [2.75, 3.05) is 12.4 Å². The highest BCUT2D eigenvalue weighted by molar-refractivity contribution is 7.87. The summed E-state index contributed by atoms with van der Waals surface area (Å²) in [6, 6.07) is 18.9. The summed E-state index contributed by atoms with van der Waals surface area (Å²) in [5.74, 6) is 1.01. The molecule has 2 amide bonds. The summed E-state index contributed by atoms with van der Waals surface area (Å²) in [6.07, 6.45) is -3.24. The number of carbonyl (C=O) groups excluding carboxylic acids is 1. The SMILES string of the molecule is COc1ccc(NC(=O)N(Cc2cccc(OS(=O)(=O)c3cccc(C(F)(F)F)c3)c2)Cc2ccco2)cc1. The number of hydrogen-bond acceptors (Lipinski definition) is 6. The highest BCUT2D eigenvalue weighted by Gasteiger charge is 2.32. The largest absolute Gasteiger partial charge is 0.497 e. The molecule has 0 atom stereocenters. The van der Waals surface area contributed by atoms with Crippen molar-refractivity contribution in [3.63, 3.8) is 0 Å². The minimum atomic E-state index is -4.71. The lowest BCUT2D eigenvalue weighted by Gasteiger charge is -2.23. The number of amides is 2. The number of alkyl halides is 3. The highest BCUT2D eigenvalue weighted by atomic mass is 32.2.